The quantitative estimate of drug-likeness (QED) is 0.145. The molecular formula is C64H42N2. The summed E-state index contributed by atoms with van der Waals surface area (Å²) in [7, 11) is 0. The molecule has 0 unspecified atom stereocenters. The summed E-state index contributed by atoms with van der Waals surface area (Å²) >= 11 is 0. The predicted octanol–water partition coefficient (Wildman–Crippen LogP) is 17.9. The molecule has 0 amide bonds. The third-order valence-corrected chi connectivity index (χ3v) is 13.5. The summed E-state index contributed by atoms with van der Waals surface area (Å²) in [5, 5.41) is 12.2. The summed E-state index contributed by atoms with van der Waals surface area (Å²) in [6.07, 6.45) is 0. The molecule has 2 heteroatoms. The average Bonchev–Trinajstić information content (AvgIpc) is 3.73. The van der Waals surface area contributed by atoms with Gasteiger partial charge in [0, 0.05) is 27.5 Å². The van der Waals surface area contributed by atoms with Crippen LogP contribution in [0.4, 0.5) is 17.1 Å². The zero-order valence-electron chi connectivity index (χ0n) is 36.1. The molecule has 0 saturated heterocycles. The van der Waals surface area contributed by atoms with Crippen LogP contribution >= 0.6 is 0 Å². The SMILES string of the molecule is c1ccc(-c2c(-c3ccccc3)c3cc(N(c4cccc(-c5ccc6ccccc6c5)c4)c4cccc5c4c4ccccc4n5-c4cccc5ccccc45)ccc3c3ccccc23)cc1. The van der Waals surface area contributed by atoms with E-state index in [4.69, 9.17) is 0 Å². The van der Waals surface area contributed by atoms with Gasteiger partial charge in [-0.3, -0.25) is 0 Å². The minimum Gasteiger partial charge on any atom is -0.310 e. The monoisotopic (exact) mass is 838 g/mol. The lowest BCUT2D eigenvalue weighted by Crippen LogP contribution is -2.11. The molecule has 1 heterocycles. The molecule has 0 N–H and O–H groups in total. The maximum absolute atomic E-state index is 2.50. The smallest absolute Gasteiger partial charge is 0.0562 e. The Kier molecular flexibility index (Phi) is 8.89. The van der Waals surface area contributed by atoms with Gasteiger partial charge in [-0.15, -0.1) is 0 Å². The Morgan fingerprint density at radius 1 is 0.273 bits per heavy atom. The van der Waals surface area contributed by atoms with Crippen molar-refractivity contribution in [2.75, 3.05) is 4.90 Å². The van der Waals surface area contributed by atoms with Crippen molar-refractivity contribution < 1.29 is 0 Å². The Labute approximate surface area is 383 Å². The van der Waals surface area contributed by atoms with E-state index >= 15 is 0 Å². The molecule has 66 heavy (non-hydrogen) atoms. The first-order chi connectivity index (χ1) is 32.8. The number of hydrogen-bond acceptors (Lipinski definition) is 1. The number of nitrogens with zero attached hydrogens (tertiary/aromatic N) is 2. The number of para-hydroxylation sites is 1. The Morgan fingerprint density at radius 3 is 1.62 bits per heavy atom. The molecule has 0 radical (unpaired) electrons. The maximum Gasteiger partial charge on any atom is 0.0562 e. The molecule has 0 saturated carbocycles. The molecule has 308 valence electrons. The van der Waals surface area contributed by atoms with E-state index in [1.165, 1.54) is 92.9 Å². The minimum atomic E-state index is 1.08. The maximum atomic E-state index is 2.50. The minimum absolute atomic E-state index is 1.08. The van der Waals surface area contributed by atoms with Crippen LogP contribution in [-0.4, -0.2) is 4.57 Å². The normalized spacial score (nSPS) is 11.6. The fraction of sp³-hybridized carbons (Fsp3) is 0. The zero-order valence-corrected chi connectivity index (χ0v) is 36.1. The van der Waals surface area contributed by atoms with E-state index in [-0.39, 0.29) is 0 Å². The van der Waals surface area contributed by atoms with Crippen LogP contribution in [0.1, 0.15) is 0 Å². The van der Waals surface area contributed by atoms with E-state index in [0.717, 1.165) is 28.1 Å². The van der Waals surface area contributed by atoms with Crippen LogP contribution in [0.25, 0.3) is 104 Å². The Balaban J connectivity index is 1.13. The first kappa shape index (κ1) is 37.8. The second kappa shape index (κ2) is 15.5. The highest BCUT2D eigenvalue weighted by Gasteiger charge is 2.24. The lowest BCUT2D eigenvalue weighted by Gasteiger charge is -2.28. The van der Waals surface area contributed by atoms with E-state index in [1.807, 2.05) is 0 Å². The van der Waals surface area contributed by atoms with Crippen molar-refractivity contribution in [1.82, 2.24) is 4.57 Å². The fourth-order valence-corrected chi connectivity index (χ4v) is 10.6. The highest BCUT2D eigenvalue weighted by Crippen LogP contribution is 2.49. The van der Waals surface area contributed by atoms with Crippen molar-refractivity contribution in [2.45, 2.75) is 0 Å². The largest absolute Gasteiger partial charge is 0.310 e. The topological polar surface area (TPSA) is 8.17 Å². The summed E-state index contributed by atoms with van der Waals surface area (Å²) < 4.78 is 2.46. The van der Waals surface area contributed by atoms with Crippen LogP contribution in [-0.2, 0) is 0 Å². The van der Waals surface area contributed by atoms with Crippen LogP contribution in [0.2, 0.25) is 0 Å². The third kappa shape index (κ3) is 6.11. The molecule has 0 bridgehead atoms. The fourth-order valence-electron chi connectivity index (χ4n) is 10.6. The van der Waals surface area contributed by atoms with Gasteiger partial charge in [0.1, 0.15) is 0 Å². The number of aromatic nitrogens is 1. The van der Waals surface area contributed by atoms with Crippen molar-refractivity contribution in [3.63, 3.8) is 0 Å². The molecule has 0 aliphatic carbocycles. The summed E-state index contributed by atoms with van der Waals surface area (Å²) in [5.74, 6) is 0. The molecule has 0 fully saturated rings. The van der Waals surface area contributed by atoms with Crippen molar-refractivity contribution in [2.24, 2.45) is 0 Å². The number of anilines is 3. The van der Waals surface area contributed by atoms with Crippen LogP contribution < -0.4 is 4.90 Å². The summed E-state index contributed by atoms with van der Waals surface area (Å²) in [6, 6.07) is 93.5. The predicted molar refractivity (Wildman–Crippen MR) is 282 cm³/mol. The van der Waals surface area contributed by atoms with Crippen molar-refractivity contribution in [1.29, 1.82) is 0 Å². The van der Waals surface area contributed by atoms with E-state index < -0.39 is 0 Å². The van der Waals surface area contributed by atoms with Crippen molar-refractivity contribution >= 4 is 82.0 Å². The molecule has 13 rings (SSSR count). The second-order valence-electron chi connectivity index (χ2n) is 17.2. The summed E-state index contributed by atoms with van der Waals surface area (Å²) in [6.45, 7) is 0. The van der Waals surface area contributed by atoms with Gasteiger partial charge in [0.05, 0.1) is 22.4 Å². The van der Waals surface area contributed by atoms with Crippen LogP contribution in [0, 0.1) is 0 Å². The van der Waals surface area contributed by atoms with Crippen LogP contribution in [0.3, 0.4) is 0 Å². The van der Waals surface area contributed by atoms with Crippen LogP contribution in [0.15, 0.2) is 255 Å². The lowest BCUT2D eigenvalue weighted by molar-refractivity contribution is 1.20. The molecule has 12 aromatic carbocycles. The molecule has 2 nitrogen and oxygen atoms in total. The van der Waals surface area contributed by atoms with Gasteiger partial charge >= 0.3 is 0 Å². The van der Waals surface area contributed by atoms with E-state index in [2.05, 4.69) is 264 Å². The molecule has 0 aliphatic heterocycles. The number of benzene rings is 12. The van der Waals surface area contributed by atoms with Crippen LogP contribution in [0.5, 0.6) is 0 Å². The highest BCUT2D eigenvalue weighted by atomic mass is 15.1. The highest BCUT2D eigenvalue weighted by molar-refractivity contribution is 6.23. The van der Waals surface area contributed by atoms with Gasteiger partial charge in [0.15, 0.2) is 0 Å². The standard InChI is InChI=1S/C64H42N2/c1-3-20-45(21-4-1)62-55-30-12-11-29-53(55)54-39-38-51(42-57(54)63(62)46-22-5-2-6-23-46)65(50-27-15-26-48(41-50)49-37-36-43-18-7-8-24-47(43)40-49)60-34-17-35-61-64(60)56-31-13-14-32-59(56)66(61)58-33-16-25-44-19-9-10-28-52(44)58/h1-42H. The number of hydrogen-bond donors (Lipinski definition) is 0. The first-order valence-corrected chi connectivity index (χ1v) is 22.8. The molecule has 1 aromatic heterocycles. The summed E-state index contributed by atoms with van der Waals surface area (Å²) in [4.78, 5) is 2.50. The number of rotatable bonds is 7. The third-order valence-electron chi connectivity index (χ3n) is 13.5. The van der Waals surface area contributed by atoms with Gasteiger partial charge < -0.3 is 9.47 Å². The lowest BCUT2D eigenvalue weighted by atomic mass is 9.85. The van der Waals surface area contributed by atoms with Gasteiger partial charge in [-0.2, -0.15) is 0 Å². The van der Waals surface area contributed by atoms with E-state index in [0.29, 0.717) is 0 Å². The average molecular weight is 839 g/mol. The van der Waals surface area contributed by atoms with Gasteiger partial charge in [0.25, 0.3) is 0 Å². The second-order valence-corrected chi connectivity index (χ2v) is 17.2. The van der Waals surface area contributed by atoms with Gasteiger partial charge in [-0.25, -0.2) is 0 Å². The van der Waals surface area contributed by atoms with E-state index in [9.17, 15) is 0 Å². The first-order valence-electron chi connectivity index (χ1n) is 22.8. The zero-order chi connectivity index (χ0) is 43.6. The van der Waals surface area contributed by atoms with E-state index in [1.54, 1.807) is 0 Å². The van der Waals surface area contributed by atoms with Crippen molar-refractivity contribution in [3.8, 4) is 39.1 Å². The van der Waals surface area contributed by atoms with Gasteiger partial charge in [-0.05, 0) is 126 Å². The molecule has 0 aliphatic rings. The van der Waals surface area contributed by atoms with Crippen molar-refractivity contribution in [3.05, 3.63) is 255 Å². The van der Waals surface area contributed by atoms with Gasteiger partial charge in [0.2, 0.25) is 0 Å². The van der Waals surface area contributed by atoms with Gasteiger partial charge in [-0.1, -0.05) is 200 Å². The Morgan fingerprint density at radius 2 is 0.818 bits per heavy atom. The molecule has 13 aromatic rings. The molecular weight excluding hydrogens is 797 g/mol. The Hall–Kier alpha value is -8.72. The number of fused-ring (bicyclic) bond motifs is 8. The summed E-state index contributed by atoms with van der Waals surface area (Å²) in [5.41, 5.74) is 14.0. The molecule has 0 spiro atoms. The Bertz CT molecular complexity index is 3990. The molecule has 0 atom stereocenters.